The highest BCUT2D eigenvalue weighted by Crippen LogP contribution is 2.33. The minimum atomic E-state index is -0.761. The van der Waals surface area contributed by atoms with Gasteiger partial charge < -0.3 is 10.6 Å². The Bertz CT molecular complexity index is 487. The Morgan fingerprint density at radius 3 is 2.52 bits per heavy atom. The third-order valence-corrected chi connectivity index (χ3v) is 4.50. The zero-order chi connectivity index (χ0) is 15.4. The Morgan fingerprint density at radius 2 is 1.95 bits per heavy atom. The van der Waals surface area contributed by atoms with Gasteiger partial charge in [-0.3, -0.25) is 4.79 Å². The van der Waals surface area contributed by atoms with Crippen molar-refractivity contribution in [1.82, 2.24) is 5.32 Å². The van der Waals surface area contributed by atoms with Gasteiger partial charge in [0, 0.05) is 6.04 Å². The molecule has 1 saturated carbocycles. The molecule has 1 fully saturated rings. The summed E-state index contributed by atoms with van der Waals surface area (Å²) in [5, 5.41) is 5.49. The number of hydrogen-bond donors (Lipinski definition) is 2. The summed E-state index contributed by atoms with van der Waals surface area (Å²) in [6, 6.07) is 3.81. The summed E-state index contributed by atoms with van der Waals surface area (Å²) in [6.45, 7) is 4.43. The summed E-state index contributed by atoms with van der Waals surface area (Å²) < 4.78 is 26.9. The molecule has 3 nitrogen and oxygen atoms in total. The van der Waals surface area contributed by atoms with Crippen molar-refractivity contribution in [2.75, 3.05) is 11.9 Å². The van der Waals surface area contributed by atoms with Crippen LogP contribution in [0.3, 0.4) is 0 Å². The van der Waals surface area contributed by atoms with Gasteiger partial charge in [0.25, 0.3) is 0 Å². The van der Waals surface area contributed by atoms with Gasteiger partial charge in [0.15, 0.2) is 0 Å². The maximum Gasteiger partial charge on any atom is 0.238 e. The van der Waals surface area contributed by atoms with E-state index in [2.05, 4.69) is 24.5 Å². The number of carbonyl (C=O) groups is 1. The zero-order valence-electron chi connectivity index (χ0n) is 12.5. The van der Waals surface area contributed by atoms with E-state index in [0.717, 1.165) is 25.0 Å². The monoisotopic (exact) mass is 296 g/mol. The lowest BCUT2D eigenvalue weighted by molar-refractivity contribution is -0.115. The van der Waals surface area contributed by atoms with E-state index in [9.17, 15) is 13.6 Å². The van der Waals surface area contributed by atoms with E-state index >= 15 is 0 Å². The lowest BCUT2D eigenvalue weighted by Gasteiger charge is -2.20. The number of hydrogen-bond acceptors (Lipinski definition) is 2. The molecule has 1 amide bonds. The van der Waals surface area contributed by atoms with Crippen molar-refractivity contribution in [2.45, 2.75) is 39.2 Å². The summed E-state index contributed by atoms with van der Waals surface area (Å²) in [5.41, 5.74) is -0.379. The van der Waals surface area contributed by atoms with E-state index in [1.165, 1.54) is 12.5 Å². The second-order valence-corrected chi connectivity index (χ2v) is 5.74. The minimum absolute atomic E-state index is 0.0687. The summed E-state index contributed by atoms with van der Waals surface area (Å²) >= 11 is 0. The number of rotatable bonds is 5. The van der Waals surface area contributed by atoms with Crippen LogP contribution >= 0.6 is 0 Å². The molecule has 3 atom stereocenters. The number of amides is 1. The molecule has 2 rings (SSSR count). The maximum atomic E-state index is 13.4. The van der Waals surface area contributed by atoms with Gasteiger partial charge in [0.05, 0.1) is 6.54 Å². The second kappa shape index (κ2) is 6.98. The molecule has 0 bridgehead atoms. The molecule has 1 aliphatic carbocycles. The molecule has 5 heteroatoms. The van der Waals surface area contributed by atoms with Crippen molar-refractivity contribution in [3.8, 4) is 0 Å². The van der Waals surface area contributed by atoms with Gasteiger partial charge in [-0.15, -0.1) is 0 Å². The number of halogens is 2. The summed E-state index contributed by atoms with van der Waals surface area (Å²) in [6.07, 6.45) is 3.35. The predicted molar refractivity (Wildman–Crippen MR) is 79.0 cm³/mol. The van der Waals surface area contributed by atoms with E-state index in [1.54, 1.807) is 0 Å². The average molecular weight is 296 g/mol. The fourth-order valence-electron chi connectivity index (χ4n) is 3.14. The molecule has 1 aromatic rings. The van der Waals surface area contributed by atoms with Crippen molar-refractivity contribution in [2.24, 2.45) is 11.8 Å². The molecular formula is C16H22F2N2O. The van der Waals surface area contributed by atoms with Crippen molar-refractivity contribution in [3.05, 3.63) is 29.8 Å². The molecule has 1 aromatic carbocycles. The normalized spacial score (nSPS) is 25.0. The molecule has 0 spiro atoms. The quantitative estimate of drug-likeness (QED) is 0.875. The molecule has 0 radical (unpaired) electrons. The van der Waals surface area contributed by atoms with Gasteiger partial charge in [-0.1, -0.05) is 26.3 Å². The first kappa shape index (κ1) is 15.9. The molecule has 116 valence electrons. The van der Waals surface area contributed by atoms with Crippen molar-refractivity contribution in [3.63, 3.8) is 0 Å². The van der Waals surface area contributed by atoms with Crippen LogP contribution in [0.15, 0.2) is 18.2 Å². The van der Waals surface area contributed by atoms with Crippen LogP contribution in [0.2, 0.25) is 0 Å². The van der Waals surface area contributed by atoms with Crippen LogP contribution in [0.1, 0.15) is 33.1 Å². The van der Waals surface area contributed by atoms with Gasteiger partial charge >= 0.3 is 0 Å². The molecule has 0 aromatic heterocycles. The van der Waals surface area contributed by atoms with E-state index in [0.29, 0.717) is 17.9 Å². The molecule has 0 heterocycles. The Morgan fingerprint density at radius 1 is 1.29 bits per heavy atom. The summed E-state index contributed by atoms with van der Waals surface area (Å²) in [7, 11) is 0. The summed E-state index contributed by atoms with van der Waals surface area (Å²) in [5.74, 6) is -0.735. The van der Waals surface area contributed by atoms with Gasteiger partial charge in [-0.25, -0.2) is 8.78 Å². The first-order chi connectivity index (χ1) is 10.0. The highest BCUT2D eigenvalue weighted by molar-refractivity contribution is 5.92. The lowest BCUT2D eigenvalue weighted by Crippen LogP contribution is -2.38. The van der Waals surface area contributed by atoms with Crippen LogP contribution in [0.4, 0.5) is 14.5 Å². The SMILES string of the molecule is CCC1CCC(NCC(=O)Nc2c(F)cccc2F)C1C. The van der Waals surface area contributed by atoms with E-state index in [4.69, 9.17) is 0 Å². The standard InChI is InChI=1S/C16H22F2N2O/c1-3-11-7-8-14(10(11)2)19-9-15(21)20-16-12(17)5-4-6-13(16)18/h4-6,10-11,14,19H,3,7-9H2,1-2H3,(H,20,21). The number of anilines is 1. The lowest BCUT2D eigenvalue weighted by atomic mass is 9.93. The topological polar surface area (TPSA) is 41.1 Å². The van der Waals surface area contributed by atoms with E-state index in [-0.39, 0.29) is 12.2 Å². The molecule has 3 unspecified atom stereocenters. The first-order valence-corrected chi connectivity index (χ1v) is 7.50. The average Bonchev–Trinajstić information content (AvgIpc) is 2.81. The smallest absolute Gasteiger partial charge is 0.238 e. The number of benzene rings is 1. The third kappa shape index (κ3) is 3.79. The Hall–Kier alpha value is -1.49. The molecule has 1 aliphatic rings. The number of para-hydroxylation sites is 1. The van der Waals surface area contributed by atoms with Gasteiger partial charge in [0.2, 0.25) is 5.91 Å². The molecule has 2 N–H and O–H groups in total. The van der Waals surface area contributed by atoms with E-state index in [1.807, 2.05) is 0 Å². The minimum Gasteiger partial charge on any atom is -0.320 e. The van der Waals surface area contributed by atoms with Crippen LogP contribution in [0, 0.1) is 23.5 Å². The number of carbonyl (C=O) groups excluding carboxylic acids is 1. The molecule has 21 heavy (non-hydrogen) atoms. The van der Waals surface area contributed by atoms with Gasteiger partial charge in [0.1, 0.15) is 17.3 Å². The highest BCUT2D eigenvalue weighted by Gasteiger charge is 2.31. The third-order valence-electron chi connectivity index (χ3n) is 4.50. The van der Waals surface area contributed by atoms with Crippen molar-refractivity contribution >= 4 is 11.6 Å². The Kier molecular flexibility index (Phi) is 5.28. The van der Waals surface area contributed by atoms with Crippen LogP contribution in [-0.4, -0.2) is 18.5 Å². The molecule has 0 aliphatic heterocycles. The van der Waals surface area contributed by atoms with Crippen molar-refractivity contribution in [1.29, 1.82) is 0 Å². The fourth-order valence-corrected chi connectivity index (χ4v) is 3.14. The highest BCUT2D eigenvalue weighted by atomic mass is 19.1. The van der Waals surface area contributed by atoms with Crippen molar-refractivity contribution < 1.29 is 13.6 Å². The molecule has 0 saturated heterocycles. The van der Waals surface area contributed by atoms with Gasteiger partial charge in [-0.05, 0) is 36.8 Å². The van der Waals surface area contributed by atoms with Crippen LogP contribution in [0.5, 0.6) is 0 Å². The zero-order valence-corrected chi connectivity index (χ0v) is 12.5. The maximum absolute atomic E-state index is 13.4. The Balaban J connectivity index is 1.86. The Labute approximate surface area is 124 Å². The van der Waals surface area contributed by atoms with Crippen LogP contribution in [-0.2, 0) is 4.79 Å². The molecular weight excluding hydrogens is 274 g/mol. The van der Waals surface area contributed by atoms with Crippen LogP contribution in [0.25, 0.3) is 0 Å². The first-order valence-electron chi connectivity index (χ1n) is 7.50. The predicted octanol–water partition coefficient (Wildman–Crippen LogP) is 3.32. The fraction of sp³-hybridized carbons (Fsp3) is 0.562. The van der Waals surface area contributed by atoms with Gasteiger partial charge in [-0.2, -0.15) is 0 Å². The van der Waals surface area contributed by atoms with E-state index < -0.39 is 17.5 Å². The second-order valence-electron chi connectivity index (χ2n) is 5.74. The summed E-state index contributed by atoms with van der Waals surface area (Å²) in [4.78, 5) is 11.8. The number of nitrogens with one attached hydrogen (secondary N) is 2. The van der Waals surface area contributed by atoms with Crippen LogP contribution < -0.4 is 10.6 Å². The largest absolute Gasteiger partial charge is 0.320 e.